The van der Waals surface area contributed by atoms with Gasteiger partial charge in [-0.1, -0.05) is 86.9 Å². The van der Waals surface area contributed by atoms with Crippen LogP contribution in [0.2, 0.25) is 0 Å². The molecular weight excluding hydrogens is 584 g/mol. The van der Waals surface area contributed by atoms with Crippen molar-refractivity contribution in [3.63, 3.8) is 0 Å². The van der Waals surface area contributed by atoms with Crippen molar-refractivity contribution in [2.24, 2.45) is 23.5 Å². The molecule has 0 saturated heterocycles. The topological polar surface area (TPSA) is 179 Å². The summed E-state index contributed by atoms with van der Waals surface area (Å²) < 4.78 is 29.6. The summed E-state index contributed by atoms with van der Waals surface area (Å²) in [6.07, 6.45) is 7.97. The molecule has 2 aromatic carbocycles. The Morgan fingerprint density at radius 3 is 2.07 bits per heavy atom. The van der Waals surface area contributed by atoms with Crippen molar-refractivity contribution in [1.29, 1.82) is 0 Å². The van der Waals surface area contributed by atoms with Gasteiger partial charge in [-0.25, -0.2) is 10.5 Å². The average molecular weight is 631 g/mol. The first-order chi connectivity index (χ1) is 20.7. The van der Waals surface area contributed by atoms with E-state index in [0.29, 0.717) is 6.42 Å². The van der Waals surface area contributed by atoms with Gasteiger partial charge in [0, 0.05) is 0 Å². The molecule has 3 atom stereocenters. The van der Waals surface area contributed by atoms with Gasteiger partial charge in [0.2, 0.25) is 11.8 Å². The highest BCUT2D eigenvalue weighted by Crippen LogP contribution is 2.27. The van der Waals surface area contributed by atoms with Gasteiger partial charge in [0.25, 0.3) is 16.0 Å². The molecule has 44 heavy (non-hydrogen) atoms. The molecule has 12 heteroatoms. The molecule has 11 nitrogen and oxygen atoms in total. The third-order valence-corrected chi connectivity index (χ3v) is 8.23. The summed E-state index contributed by atoms with van der Waals surface area (Å²) in [7, 11) is -4.02. The lowest BCUT2D eigenvalue weighted by Crippen LogP contribution is -2.57. The lowest BCUT2D eigenvalue weighted by atomic mass is 9.82. The number of hydrazine groups is 1. The molecule has 1 aliphatic carbocycles. The zero-order chi connectivity index (χ0) is 32.9. The van der Waals surface area contributed by atoms with E-state index in [1.165, 1.54) is 17.1 Å². The highest BCUT2D eigenvalue weighted by Gasteiger charge is 2.37. The van der Waals surface area contributed by atoms with Crippen molar-refractivity contribution in [2.75, 3.05) is 0 Å². The van der Waals surface area contributed by atoms with E-state index in [2.05, 4.69) is 5.43 Å². The summed E-state index contributed by atoms with van der Waals surface area (Å²) in [4.78, 5) is 38.7. The summed E-state index contributed by atoms with van der Waals surface area (Å²) in [6.45, 7) is 7.37. The van der Waals surface area contributed by atoms with E-state index in [4.69, 9.17) is 10.3 Å². The molecule has 1 saturated carbocycles. The van der Waals surface area contributed by atoms with Gasteiger partial charge in [0.15, 0.2) is 0 Å². The van der Waals surface area contributed by atoms with E-state index in [-0.39, 0.29) is 29.2 Å². The number of allylic oxidation sites excluding steroid dienone is 1. The van der Waals surface area contributed by atoms with Crippen LogP contribution in [0.1, 0.15) is 70.4 Å². The first-order valence-electron chi connectivity index (χ1n) is 14.8. The Bertz CT molecular complexity index is 1340. The molecule has 0 spiro atoms. The molecule has 0 heterocycles. The number of nitrogens with zero attached hydrogens (tertiary/aromatic N) is 1. The van der Waals surface area contributed by atoms with Gasteiger partial charge in [-0.3, -0.25) is 29.6 Å². The molecule has 3 rings (SSSR count). The number of amides is 3. The fourth-order valence-electron chi connectivity index (χ4n) is 5.03. The molecule has 3 amide bonds. The molecule has 0 unspecified atom stereocenters. The fourth-order valence-corrected chi connectivity index (χ4v) is 5.51. The van der Waals surface area contributed by atoms with E-state index in [0.717, 1.165) is 36.8 Å². The second-order valence-electron chi connectivity index (χ2n) is 11.6. The first-order valence-corrected chi connectivity index (χ1v) is 16.3. The van der Waals surface area contributed by atoms with Crippen molar-refractivity contribution in [3.05, 3.63) is 71.8 Å². The summed E-state index contributed by atoms with van der Waals surface area (Å²) in [5, 5.41) is 10.7. The van der Waals surface area contributed by atoms with Crippen molar-refractivity contribution in [1.82, 2.24) is 15.9 Å². The molecular formula is C32H46N4O7S. The van der Waals surface area contributed by atoms with Gasteiger partial charge in [0.1, 0.15) is 0 Å². The van der Waals surface area contributed by atoms with E-state index in [9.17, 15) is 28.0 Å². The fraction of sp³-hybridized carbons (Fsp3) is 0.469. The largest absolute Gasteiger partial charge is 0.320 e. The number of aryl methyl sites for hydroxylation is 1. The van der Waals surface area contributed by atoms with Crippen LogP contribution in [0.25, 0.3) is 6.08 Å². The van der Waals surface area contributed by atoms with Gasteiger partial charge in [-0.05, 0) is 63.1 Å². The van der Waals surface area contributed by atoms with Crippen LogP contribution in [0.4, 0.5) is 0 Å². The number of carbonyl (C=O) groups excluding carboxylic acids is 3. The van der Waals surface area contributed by atoms with Gasteiger partial charge in [-0.2, -0.15) is 8.42 Å². The Kier molecular flexibility index (Phi) is 14.7. The Morgan fingerprint density at radius 2 is 1.57 bits per heavy atom. The lowest BCUT2D eigenvalue weighted by Gasteiger charge is -2.33. The predicted octanol–water partition coefficient (Wildman–Crippen LogP) is 4.27. The van der Waals surface area contributed by atoms with Gasteiger partial charge in [0.05, 0.1) is 28.8 Å². The second kappa shape index (κ2) is 17.6. The van der Waals surface area contributed by atoms with Crippen molar-refractivity contribution in [3.8, 4) is 0 Å². The number of carbonyl (C=O) groups is 3. The Hall–Kier alpha value is -3.58. The van der Waals surface area contributed by atoms with Crippen LogP contribution in [0, 0.1) is 24.7 Å². The minimum absolute atomic E-state index is 0.0666. The Labute approximate surface area is 260 Å². The normalized spacial score (nSPS) is 15.6. The Morgan fingerprint density at radius 1 is 0.977 bits per heavy atom. The summed E-state index contributed by atoms with van der Waals surface area (Å²) in [5.41, 5.74) is 12.3. The number of hydrogen-bond donors (Lipinski definition) is 5. The third-order valence-electron chi connectivity index (χ3n) is 7.36. The molecule has 6 N–H and O–H groups in total. The predicted molar refractivity (Wildman–Crippen MR) is 168 cm³/mol. The van der Waals surface area contributed by atoms with Crippen LogP contribution in [-0.2, 0) is 24.5 Å². The number of nitrogens with one attached hydrogen (secondary N) is 2. The van der Waals surface area contributed by atoms with Gasteiger partial charge >= 0.3 is 0 Å². The van der Waals surface area contributed by atoms with E-state index in [1.807, 2.05) is 63.3 Å². The minimum atomic E-state index is -4.02. The number of hydroxylamine groups is 1. The molecule has 0 aliphatic heterocycles. The molecule has 0 aromatic heterocycles. The molecule has 1 fully saturated rings. The summed E-state index contributed by atoms with van der Waals surface area (Å²) >= 11 is 0. The van der Waals surface area contributed by atoms with Crippen LogP contribution < -0.4 is 16.6 Å². The zero-order valence-electron chi connectivity index (χ0n) is 25.8. The van der Waals surface area contributed by atoms with E-state index in [1.54, 1.807) is 24.5 Å². The number of benzene rings is 2. The van der Waals surface area contributed by atoms with Gasteiger partial charge in [-0.15, -0.1) is 0 Å². The SMILES string of the molecule is CC(C)C[C@@H](C(=O)NN(C(=O)[C@@H](C)N)C1CCCC1)[C@H](C/C=C/c1ccccc1)C(=O)NO.Cc1ccc(S(=O)(=O)O)cc1. The average Bonchev–Trinajstić information content (AvgIpc) is 3.51. The standard InChI is InChI=1S/C25H38N4O4.C7H8O3S/c1-17(2)16-22(21(24(31)28-33)15-9-12-19-10-5-4-6-11-19)23(30)27-29(25(32)18(3)26)20-13-7-8-14-20;1-6-2-4-7(5-3-6)11(8,9)10/h4-6,9-12,17-18,20-22,33H,7-8,13-16,26H2,1-3H3,(H,27,30)(H,28,31);2-5H,1H3,(H,8,9,10)/b12-9+;/t18-,21+,22-;/m1./s1. The molecule has 1 aliphatic rings. The van der Waals surface area contributed by atoms with E-state index >= 15 is 0 Å². The molecule has 2 aromatic rings. The quantitative estimate of drug-likeness (QED) is 0.139. The Balaban J connectivity index is 0.000000514. The van der Waals surface area contributed by atoms with Crippen molar-refractivity contribution >= 4 is 33.9 Å². The zero-order valence-corrected chi connectivity index (χ0v) is 26.7. The van der Waals surface area contributed by atoms with Crippen LogP contribution in [-0.4, -0.2) is 53.0 Å². The number of hydrogen-bond acceptors (Lipinski definition) is 7. The van der Waals surface area contributed by atoms with Crippen molar-refractivity contribution < 1.29 is 32.6 Å². The van der Waals surface area contributed by atoms with Crippen LogP contribution in [0.3, 0.4) is 0 Å². The lowest BCUT2D eigenvalue weighted by molar-refractivity contribution is -0.150. The summed E-state index contributed by atoms with van der Waals surface area (Å²) in [6, 6.07) is 14.8. The monoisotopic (exact) mass is 630 g/mol. The minimum Gasteiger partial charge on any atom is -0.320 e. The smallest absolute Gasteiger partial charge is 0.294 e. The molecule has 242 valence electrons. The van der Waals surface area contributed by atoms with Gasteiger partial charge < -0.3 is 5.73 Å². The van der Waals surface area contributed by atoms with Crippen LogP contribution >= 0.6 is 0 Å². The van der Waals surface area contributed by atoms with Crippen LogP contribution in [0.5, 0.6) is 0 Å². The van der Waals surface area contributed by atoms with E-state index < -0.39 is 39.8 Å². The van der Waals surface area contributed by atoms with Crippen LogP contribution in [0.15, 0.2) is 65.6 Å². The maximum absolute atomic E-state index is 13.4. The second-order valence-corrected chi connectivity index (χ2v) is 13.0. The highest BCUT2D eigenvalue weighted by atomic mass is 32.2. The molecule has 0 bridgehead atoms. The van der Waals surface area contributed by atoms with Crippen molar-refractivity contribution in [2.45, 2.75) is 83.2 Å². The first kappa shape index (κ1) is 36.6. The maximum atomic E-state index is 13.4. The maximum Gasteiger partial charge on any atom is 0.294 e. The summed E-state index contributed by atoms with van der Waals surface area (Å²) in [5.74, 6) is -2.79. The number of nitrogens with two attached hydrogens (primary N) is 1. The number of rotatable bonds is 11. The third kappa shape index (κ3) is 11.8. The molecule has 0 radical (unpaired) electrons. The highest BCUT2D eigenvalue weighted by molar-refractivity contribution is 7.85.